The average molecular weight is 380 g/mol. The van der Waals surface area contributed by atoms with Gasteiger partial charge in [-0.1, -0.05) is 12.2 Å². The molecular formula is C13H25IN4O. The van der Waals surface area contributed by atoms with Crippen molar-refractivity contribution in [1.82, 2.24) is 15.1 Å². The van der Waals surface area contributed by atoms with Gasteiger partial charge in [0, 0.05) is 33.7 Å². The number of nitrogens with one attached hydrogen (secondary N) is 1. The lowest BCUT2D eigenvalue weighted by Gasteiger charge is -2.21. The van der Waals surface area contributed by atoms with Crippen molar-refractivity contribution in [1.29, 1.82) is 0 Å². The molecule has 0 aromatic heterocycles. The number of carbonyl (C=O) groups is 1. The zero-order chi connectivity index (χ0) is 13.5. The number of carbonyl (C=O) groups excluding carboxylic acids is 1. The Kier molecular flexibility index (Phi) is 8.79. The Balaban J connectivity index is 0.00000324. The second-order valence-electron chi connectivity index (χ2n) is 4.93. The Morgan fingerprint density at radius 3 is 2.42 bits per heavy atom. The summed E-state index contributed by atoms with van der Waals surface area (Å²) in [6.45, 7) is 8.76. The minimum Gasteiger partial charge on any atom is -0.353 e. The molecule has 0 unspecified atom stereocenters. The zero-order valence-corrected chi connectivity index (χ0v) is 14.4. The molecule has 1 fully saturated rings. The van der Waals surface area contributed by atoms with E-state index in [4.69, 9.17) is 0 Å². The SMILES string of the molecule is C=C(C)CNC(=NCC(=O)N(C)C)N1CCCC1.I. The first-order valence-corrected chi connectivity index (χ1v) is 6.38. The molecule has 0 aromatic carbocycles. The first-order valence-electron chi connectivity index (χ1n) is 6.38. The monoisotopic (exact) mass is 380 g/mol. The van der Waals surface area contributed by atoms with E-state index >= 15 is 0 Å². The van der Waals surface area contributed by atoms with Crippen LogP contribution < -0.4 is 5.32 Å². The van der Waals surface area contributed by atoms with Gasteiger partial charge >= 0.3 is 0 Å². The van der Waals surface area contributed by atoms with Gasteiger partial charge in [-0.3, -0.25) is 4.79 Å². The number of amides is 1. The van der Waals surface area contributed by atoms with Crippen LogP contribution in [0.25, 0.3) is 0 Å². The molecule has 19 heavy (non-hydrogen) atoms. The minimum absolute atomic E-state index is 0. The Labute approximate surface area is 133 Å². The highest BCUT2D eigenvalue weighted by molar-refractivity contribution is 14.0. The number of guanidine groups is 1. The van der Waals surface area contributed by atoms with E-state index in [0.29, 0.717) is 6.54 Å². The maximum Gasteiger partial charge on any atom is 0.243 e. The normalized spacial score (nSPS) is 14.9. The third-order valence-electron chi connectivity index (χ3n) is 2.82. The van der Waals surface area contributed by atoms with E-state index in [0.717, 1.165) is 24.6 Å². The Morgan fingerprint density at radius 2 is 1.95 bits per heavy atom. The Hall–Kier alpha value is -0.790. The van der Waals surface area contributed by atoms with Gasteiger partial charge in [0.1, 0.15) is 6.54 Å². The highest BCUT2D eigenvalue weighted by atomic mass is 127. The van der Waals surface area contributed by atoms with Crippen molar-refractivity contribution in [3.05, 3.63) is 12.2 Å². The van der Waals surface area contributed by atoms with E-state index in [9.17, 15) is 4.79 Å². The molecule has 5 nitrogen and oxygen atoms in total. The second kappa shape index (κ2) is 9.17. The summed E-state index contributed by atoms with van der Waals surface area (Å²) in [6.07, 6.45) is 2.38. The highest BCUT2D eigenvalue weighted by Gasteiger charge is 2.16. The number of halogens is 1. The van der Waals surface area contributed by atoms with Crippen LogP contribution in [0.2, 0.25) is 0 Å². The molecule has 0 atom stereocenters. The molecular weight excluding hydrogens is 355 g/mol. The minimum atomic E-state index is 0. The summed E-state index contributed by atoms with van der Waals surface area (Å²) in [5.41, 5.74) is 1.06. The molecule has 1 rings (SSSR count). The van der Waals surface area contributed by atoms with Crippen LogP contribution in [-0.2, 0) is 4.79 Å². The molecule has 1 heterocycles. The lowest BCUT2D eigenvalue weighted by molar-refractivity contribution is -0.127. The van der Waals surface area contributed by atoms with E-state index in [-0.39, 0.29) is 36.4 Å². The number of hydrogen-bond acceptors (Lipinski definition) is 2. The van der Waals surface area contributed by atoms with E-state index in [1.807, 2.05) is 6.92 Å². The van der Waals surface area contributed by atoms with Crippen LogP contribution >= 0.6 is 24.0 Å². The highest BCUT2D eigenvalue weighted by Crippen LogP contribution is 2.07. The van der Waals surface area contributed by atoms with Crippen LogP contribution in [0, 0.1) is 0 Å². The van der Waals surface area contributed by atoms with Gasteiger partial charge in [-0.2, -0.15) is 0 Å². The lowest BCUT2D eigenvalue weighted by atomic mass is 10.3. The molecule has 0 aromatic rings. The van der Waals surface area contributed by atoms with Crippen molar-refractivity contribution in [3.63, 3.8) is 0 Å². The van der Waals surface area contributed by atoms with Gasteiger partial charge in [-0.15, -0.1) is 24.0 Å². The van der Waals surface area contributed by atoms with Crippen molar-refractivity contribution in [3.8, 4) is 0 Å². The van der Waals surface area contributed by atoms with Gasteiger partial charge in [-0.25, -0.2) is 4.99 Å². The predicted molar refractivity (Wildman–Crippen MR) is 90.0 cm³/mol. The summed E-state index contributed by atoms with van der Waals surface area (Å²) in [6, 6.07) is 0. The van der Waals surface area contributed by atoms with Crippen LogP contribution in [0.4, 0.5) is 0 Å². The van der Waals surface area contributed by atoms with Crippen LogP contribution in [0.1, 0.15) is 19.8 Å². The standard InChI is InChI=1S/C13H24N4O.HI/c1-11(2)9-14-13(17-7-5-6-8-17)15-10-12(18)16(3)4;/h1,5-10H2,2-4H3,(H,14,15);1H. The molecule has 0 radical (unpaired) electrons. The fourth-order valence-corrected chi connectivity index (χ4v) is 1.71. The third-order valence-corrected chi connectivity index (χ3v) is 2.82. The number of rotatable bonds is 4. The third kappa shape index (κ3) is 6.79. The molecule has 0 spiro atoms. The number of likely N-dealkylation sites (tertiary alicyclic amines) is 1. The van der Waals surface area contributed by atoms with Crippen molar-refractivity contribution in [2.45, 2.75) is 19.8 Å². The van der Waals surface area contributed by atoms with Crippen LogP contribution in [0.5, 0.6) is 0 Å². The smallest absolute Gasteiger partial charge is 0.243 e. The molecule has 6 heteroatoms. The maximum atomic E-state index is 11.6. The number of likely N-dealkylation sites (N-methyl/N-ethyl adjacent to an activating group) is 1. The van der Waals surface area contributed by atoms with Crippen LogP contribution in [0.15, 0.2) is 17.1 Å². The molecule has 0 bridgehead atoms. The summed E-state index contributed by atoms with van der Waals surface area (Å²) in [5.74, 6) is 0.842. The maximum absolute atomic E-state index is 11.6. The molecule has 0 aliphatic carbocycles. The van der Waals surface area contributed by atoms with Crippen molar-refractivity contribution >= 4 is 35.8 Å². The Bertz CT molecular complexity index is 336. The van der Waals surface area contributed by atoms with Gasteiger partial charge in [0.25, 0.3) is 0 Å². The van der Waals surface area contributed by atoms with E-state index in [1.54, 1.807) is 19.0 Å². The molecule has 1 N–H and O–H groups in total. The first-order chi connectivity index (χ1) is 8.50. The fraction of sp³-hybridized carbons (Fsp3) is 0.692. The fourth-order valence-electron chi connectivity index (χ4n) is 1.71. The van der Waals surface area contributed by atoms with Crippen molar-refractivity contribution < 1.29 is 4.79 Å². The molecule has 1 saturated heterocycles. The topological polar surface area (TPSA) is 47.9 Å². The van der Waals surface area contributed by atoms with E-state index in [2.05, 4.69) is 21.8 Å². The molecule has 110 valence electrons. The van der Waals surface area contributed by atoms with E-state index in [1.165, 1.54) is 12.8 Å². The lowest BCUT2D eigenvalue weighted by Crippen LogP contribution is -2.41. The Morgan fingerprint density at radius 1 is 1.37 bits per heavy atom. The van der Waals surface area contributed by atoms with Crippen molar-refractivity contribution in [2.75, 3.05) is 40.3 Å². The van der Waals surface area contributed by atoms with Gasteiger partial charge in [0.05, 0.1) is 0 Å². The van der Waals surface area contributed by atoms with Crippen molar-refractivity contribution in [2.24, 2.45) is 4.99 Å². The van der Waals surface area contributed by atoms with Gasteiger partial charge in [-0.05, 0) is 19.8 Å². The van der Waals surface area contributed by atoms with E-state index < -0.39 is 0 Å². The summed E-state index contributed by atoms with van der Waals surface area (Å²) in [4.78, 5) is 19.7. The van der Waals surface area contributed by atoms with Gasteiger partial charge in [0.15, 0.2) is 5.96 Å². The first kappa shape index (κ1) is 18.2. The quantitative estimate of drug-likeness (QED) is 0.346. The van der Waals surface area contributed by atoms with Crippen LogP contribution in [-0.4, -0.2) is 61.9 Å². The molecule has 1 amide bonds. The second-order valence-corrected chi connectivity index (χ2v) is 4.93. The number of hydrogen-bond donors (Lipinski definition) is 1. The summed E-state index contributed by atoms with van der Waals surface area (Å²) < 4.78 is 0. The molecule has 1 aliphatic rings. The van der Waals surface area contributed by atoms with Crippen LogP contribution in [0.3, 0.4) is 0 Å². The summed E-state index contributed by atoms with van der Waals surface area (Å²) >= 11 is 0. The molecule has 0 saturated carbocycles. The van der Waals surface area contributed by atoms with Gasteiger partial charge < -0.3 is 15.1 Å². The average Bonchev–Trinajstić information content (AvgIpc) is 2.81. The number of nitrogens with zero attached hydrogens (tertiary/aromatic N) is 3. The predicted octanol–water partition coefficient (Wildman–Crippen LogP) is 1.31. The largest absolute Gasteiger partial charge is 0.353 e. The molecule has 1 aliphatic heterocycles. The summed E-state index contributed by atoms with van der Waals surface area (Å²) in [5, 5.41) is 3.26. The number of aliphatic imine (C=N–C) groups is 1. The van der Waals surface area contributed by atoms with Gasteiger partial charge in [0.2, 0.25) is 5.91 Å². The zero-order valence-electron chi connectivity index (χ0n) is 12.1. The summed E-state index contributed by atoms with van der Waals surface area (Å²) in [7, 11) is 3.49.